The van der Waals surface area contributed by atoms with Crippen LogP contribution in [-0.4, -0.2) is 53.1 Å². The monoisotopic (exact) mass is 324 g/mol. The molecule has 0 saturated carbocycles. The van der Waals surface area contributed by atoms with E-state index in [4.69, 9.17) is 9.47 Å². The van der Waals surface area contributed by atoms with Crippen molar-refractivity contribution < 1.29 is 29.1 Å². The molecule has 0 radical (unpaired) electrons. The van der Waals surface area contributed by atoms with Gasteiger partial charge in [0.05, 0.1) is 24.2 Å². The van der Waals surface area contributed by atoms with E-state index >= 15 is 0 Å². The highest BCUT2D eigenvalue weighted by Crippen LogP contribution is 2.35. The lowest BCUT2D eigenvalue weighted by molar-refractivity contribution is -0.385. The van der Waals surface area contributed by atoms with Crippen molar-refractivity contribution in [2.75, 3.05) is 20.2 Å². The maximum Gasteiger partial charge on any atom is 0.308 e. The number of methoxy groups -OCH3 is 1. The number of carbonyl (C=O) groups is 2. The number of likely N-dealkylation sites (tertiary alicyclic amines) is 1. The molecular formula is C14H16N2O7. The van der Waals surface area contributed by atoms with Crippen LogP contribution in [0.4, 0.5) is 5.69 Å². The lowest BCUT2D eigenvalue weighted by Gasteiger charge is -2.17. The number of nitrogens with zero attached hydrogens (tertiary/aromatic N) is 2. The third-order valence-electron chi connectivity index (χ3n) is 3.41. The van der Waals surface area contributed by atoms with Crippen molar-refractivity contribution >= 4 is 17.6 Å². The average Bonchev–Trinajstić information content (AvgIpc) is 2.92. The highest BCUT2D eigenvalue weighted by atomic mass is 16.6. The van der Waals surface area contributed by atoms with Gasteiger partial charge in [-0.2, -0.15) is 0 Å². The molecular weight excluding hydrogens is 308 g/mol. The van der Waals surface area contributed by atoms with Gasteiger partial charge in [-0.25, -0.2) is 0 Å². The second-order valence-electron chi connectivity index (χ2n) is 5.06. The number of ether oxygens (including phenoxy) is 2. The Kier molecular flexibility index (Phi) is 4.80. The van der Waals surface area contributed by atoms with Crippen LogP contribution in [0.5, 0.6) is 11.5 Å². The smallest absolute Gasteiger partial charge is 0.308 e. The van der Waals surface area contributed by atoms with Crippen LogP contribution in [-0.2, 0) is 4.79 Å². The van der Waals surface area contributed by atoms with Crippen LogP contribution in [0.2, 0.25) is 0 Å². The molecule has 1 aromatic carbocycles. The number of hydrogen-bond acceptors (Lipinski definition) is 7. The Hall–Kier alpha value is -2.68. The molecule has 1 aromatic rings. The van der Waals surface area contributed by atoms with Gasteiger partial charge in [0, 0.05) is 26.1 Å². The molecule has 1 amide bonds. The summed E-state index contributed by atoms with van der Waals surface area (Å²) in [6, 6.07) is 2.16. The molecule has 0 aliphatic carbocycles. The van der Waals surface area contributed by atoms with Gasteiger partial charge in [0.1, 0.15) is 5.56 Å². The summed E-state index contributed by atoms with van der Waals surface area (Å²) < 4.78 is 9.91. The lowest BCUT2D eigenvalue weighted by atomic mass is 10.1. The van der Waals surface area contributed by atoms with E-state index in [1.807, 2.05) is 0 Å². The van der Waals surface area contributed by atoms with E-state index in [-0.39, 0.29) is 23.6 Å². The van der Waals surface area contributed by atoms with Crippen LogP contribution in [0.15, 0.2) is 12.1 Å². The third kappa shape index (κ3) is 3.57. The van der Waals surface area contributed by atoms with E-state index in [0.717, 1.165) is 13.0 Å². The molecule has 9 nitrogen and oxygen atoms in total. The molecule has 0 bridgehead atoms. The number of β-amino-alcohol motifs (C(OH)–C–C–N with tert-alkyl or cyclic N) is 1. The Bertz CT molecular complexity index is 659. The van der Waals surface area contributed by atoms with Crippen molar-refractivity contribution in [3.8, 4) is 11.5 Å². The van der Waals surface area contributed by atoms with Crippen molar-refractivity contribution in [1.29, 1.82) is 0 Å². The van der Waals surface area contributed by atoms with Gasteiger partial charge in [-0.1, -0.05) is 0 Å². The lowest BCUT2D eigenvalue weighted by Crippen LogP contribution is -2.30. The first-order chi connectivity index (χ1) is 10.8. The Morgan fingerprint density at radius 2 is 2.09 bits per heavy atom. The molecule has 124 valence electrons. The topological polar surface area (TPSA) is 119 Å². The molecule has 1 heterocycles. The summed E-state index contributed by atoms with van der Waals surface area (Å²) >= 11 is 0. The molecule has 9 heteroatoms. The van der Waals surface area contributed by atoms with E-state index in [9.17, 15) is 24.8 Å². The summed E-state index contributed by atoms with van der Waals surface area (Å²) in [6.45, 7) is 1.57. The van der Waals surface area contributed by atoms with Crippen molar-refractivity contribution in [2.24, 2.45) is 0 Å². The van der Waals surface area contributed by atoms with Crippen molar-refractivity contribution in [3.05, 3.63) is 27.8 Å². The third-order valence-corrected chi connectivity index (χ3v) is 3.41. The molecule has 1 saturated heterocycles. The highest BCUT2D eigenvalue weighted by molar-refractivity contribution is 5.99. The van der Waals surface area contributed by atoms with E-state index < -0.39 is 28.6 Å². The first-order valence-electron chi connectivity index (χ1n) is 6.85. The number of aliphatic hydroxyl groups is 1. The van der Waals surface area contributed by atoms with Gasteiger partial charge in [0.25, 0.3) is 11.6 Å². The number of hydrogen-bond donors (Lipinski definition) is 1. The number of esters is 1. The zero-order chi connectivity index (χ0) is 17.1. The van der Waals surface area contributed by atoms with Gasteiger partial charge < -0.3 is 19.5 Å². The van der Waals surface area contributed by atoms with Gasteiger partial charge >= 0.3 is 5.97 Å². The van der Waals surface area contributed by atoms with Crippen molar-refractivity contribution in [3.63, 3.8) is 0 Å². The fourth-order valence-corrected chi connectivity index (χ4v) is 2.36. The number of amides is 1. The predicted octanol–water partition coefficient (Wildman–Crippen LogP) is 0.735. The number of rotatable bonds is 4. The summed E-state index contributed by atoms with van der Waals surface area (Å²) in [5.74, 6) is -1.35. The van der Waals surface area contributed by atoms with Crippen LogP contribution in [0, 0.1) is 10.1 Å². The van der Waals surface area contributed by atoms with Gasteiger partial charge in [-0.3, -0.25) is 19.7 Å². The number of benzene rings is 1. The van der Waals surface area contributed by atoms with Crippen molar-refractivity contribution in [2.45, 2.75) is 19.4 Å². The number of nitro groups is 1. The zero-order valence-corrected chi connectivity index (χ0v) is 12.6. The van der Waals surface area contributed by atoms with Gasteiger partial charge in [-0.15, -0.1) is 0 Å². The molecule has 1 aliphatic rings. The van der Waals surface area contributed by atoms with Crippen LogP contribution < -0.4 is 9.47 Å². The molecule has 1 fully saturated rings. The molecule has 1 unspecified atom stereocenters. The van der Waals surface area contributed by atoms with Crippen LogP contribution in [0.25, 0.3) is 0 Å². The Morgan fingerprint density at radius 1 is 1.39 bits per heavy atom. The molecule has 0 aromatic heterocycles. The predicted molar refractivity (Wildman–Crippen MR) is 77.5 cm³/mol. The van der Waals surface area contributed by atoms with Gasteiger partial charge in [-0.05, 0) is 6.42 Å². The molecule has 1 N–H and O–H groups in total. The molecule has 2 rings (SSSR count). The summed E-state index contributed by atoms with van der Waals surface area (Å²) in [6.07, 6.45) is -0.220. The maximum absolute atomic E-state index is 12.5. The second kappa shape index (κ2) is 6.61. The largest absolute Gasteiger partial charge is 0.493 e. The fraction of sp³-hybridized carbons (Fsp3) is 0.429. The number of nitro benzene ring substituents is 1. The minimum Gasteiger partial charge on any atom is -0.493 e. The number of carbonyl (C=O) groups excluding carboxylic acids is 2. The average molecular weight is 324 g/mol. The van der Waals surface area contributed by atoms with Crippen molar-refractivity contribution in [1.82, 2.24) is 4.90 Å². The fourth-order valence-electron chi connectivity index (χ4n) is 2.36. The Morgan fingerprint density at radius 3 is 2.57 bits per heavy atom. The highest BCUT2D eigenvalue weighted by Gasteiger charge is 2.31. The zero-order valence-electron chi connectivity index (χ0n) is 12.6. The van der Waals surface area contributed by atoms with Crippen LogP contribution >= 0.6 is 0 Å². The molecule has 23 heavy (non-hydrogen) atoms. The normalized spacial score (nSPS) is 17.0. The van der Waals surface area contributed by atoms with E-state index in [1.54, 1.807) is 0 Å². The Balaban J connectivity index is 2.47. The minimum atomic E-state index is -0.730. The number of aliphatic hydroxyl groups excluding tert-OH is 1. The SMILES string of the molecule is COc1cc(C(=O)N2CCC(O)C2)c([N+](=O)[O-])cc1OC(C)=O. The summed E-state index contributed by atoms with van der Waals surface area (Å²) in [5.41, 5.74) is -0.676. The van der Waals surface area contributed by atoms with E-state index in [0.29, 0.717) is 13.0 Å². The quantitative estimate of drug-likeness (QED) is 0.375. The maximum atomic E-state index is 12.5. The van der Waals surface area contributed by atoms with Crippen LogP contribution in [0.3, 0.4) is 0 Å². The van der Waals surface area contributed by atoms with Gasteiger partial charge in [0.2, 0.25) is 0 Å². The standard InChI is InChI=1S/C14H16N2O7/c1-8(17)23-13-6-11(16(20)21)10(5-12(13)22-2)14(19)15-4-3-9(18)7-15/h5-6,9,18H,3-4,7H2,1-2H3. The Labute approximate surface area is 131 Å². The molecule has 1 atom stereocenters. The first-order valence-corrected chi connectivity index (χ1v) is 6.85. The van der Waals surface area contributed by atoms with Gasteiger partial charge in [0.15, 0.2) is 11.5 Å². The molecule has 0 spiro atoms. The minimum absolute atomic E-state index is 0.0360. The van der Waals surface area contributed by atoms with E-state index in [1.165, 1.54) is 18.1 Å². The molecule has 1 aliphatic heterocycles. The first kappa shape index (κ1) is 16.7. The van der Waals surface area contributed by atoms with E-state index in [2.05, 4.69) is 0 Å². The second-order valence-corrected chi connectivity index (χ2v) is 5.06. The summed E-state index contributed by atoms with van der Waals surface area (Å²) in [4.78, 5) is 35.4. The summed E-state index contributed by atoms with van der Waals surface area (Å²) in [7, 11) is 1.29. The summed E-state index contributed by atoms with van der Waals surface area (Å²) in [5, 5.41) is 20.8. The van der Waals surface area contributed by atoms with Crippen LogP contribution in [0.1, 0.15) is 23.7 Å².